The summed E-state index contributed by atoms with van der Waals surface area (Å²) in [5.41, 5.74) is 4.66. The number of nitrogens with zero attached hydrogens (tertiary/aromatic N) is 2. The van der Waals surface area contributed by atoms with E-state index in [1.54, 1.807) is 0 Å². The van der Waals surface area contributed by atoms with Gasteiger partial charge in [0.1, 0.15) is 11.8 Å². The van der Waals surface area contributed by atoms with E-state index in [-0.39, 0.29) is 18.3 Å². The van der Waals surface area contributed by atoms with E-state index >= 15 is 0 Å². The van der Waals surface area contributed by atoms with Crippen molar-refractivity contribution in [2.75, 3.05) is 5.32 Å². The lowest BCUT2D eigenvalue weighted by atomic mass is 10.1. The zero-order valence-electron chi connectivity index (χ0n) is 16.0. The van der Waals surface area contributed by atoms with E-state index in [0.717, 1.165) is 22.4 Å². The van der Waals surface area contributed by atoms with Crippen LogP contribution in [0.2, 0.25) is 0 Å². The number of aryl methyl sites for hydroxylation is 3. The number of oxazole rings is 1. The van der Waals surface area contributed by atoms with Gasteiger partial charge in [0.2, 0.25) is 17.5 Å². The first kappa shape index (κ1) is 18.5. The molecule has 3 rings (SSSR count). The van der Waals surface area contributed by atoms with Crippen molar-refractivity contribution in [2.24, 2.45) is 0 Å². The molecule has 0 saturated heterocycles. The van der Waals surface area contributed by atoms with Gasteiger partial charge in [-0.15, -0.1) is 0 Å². The molecule has 0 aliphatic carbocycles. The molecule has 27 heavy (non-hydrogen) atoms. The van der Waals surface area contributed by atoms with Crippen LogP contribution < -0.4 is 10.1 Å². The molecule has 0 amide bonds. The number of hydrogen-bond donors (Lipinski definition) is 1. The minimum Gasteiger partial charge on any atom is -0.483 e. The lowest BCUT2D eigenvalue weighted by Crippen LogP contribution is -2.06. The van der Waals surface area contributed by atoms with E-state index in [9.17, 15) is 5.26 Å². The first-order chi connectivity index (χ1) is 13.0. The molecular formula is C22H23N3O2. The first-order valence-corrected chi connectivity index (χ1v) is 8.90. The number of benzene rings is 2. The molecule has 0 fully saturated rings. The molecule has 3 aromatic rings. The van der Waals surface area contributed by atoms with Gasteiger partial charge in [-0.3, -0.25) is 0 Å². The molecule has 5 nitrogen and oxygen atoms in total. The van der Waals surface area contributed by atoms with Gasteiger partial charge < -0.3 is 14.5 Å². The monoisotopic (exact) mass is 361 g/mol. The summed E-state index contributed by atoms with van der Waals surface area (Å²) in [6.07, 6.45) is 0. The molecule has 1 heterocycles. The second kappa shape index (κ2) is 7.96. The number of nitrogens with one attached hydrogen (secondary N) is 1. The van der Waals surface area contributed by atoms with Crippen molar-refractivity contribution in [3.8, 4) is 11.8 Å². The van der Waals surface area contributed by atoms with Crippen LogP contribution in [0.3, 0.4) is 0 Å². The van der Waals surface area contributed by atoms with Crippen LogP contribution in [0.25, 0.3) is 0 Å². The second-order valence-electron chi connectivity index (χ2n) is 6.69. The summed E-state index contributed by atoms with van der Waals surface area (Å²) in [4.78, 5) is 4.25. The molecule has 1 atom stereocenters. The third kappa shape index (κ3) is 4.29. The molecule has 0 bridgehead atoms. The van der Waals surface area contributed by atoms with Gasteiger partial charge in [-0.25, -0.2) is 0 Å². The standard InChI is InChI=1S/C22H23N3O2/c1-14-10-15(2)21(16(3)11-14)26-13-20-25-19(12-23)22(27-20)24-17(4)18-8-6-5-7-9-18/h5-11,17,24H,13H2,1-4H3. The number of hydrogen-bond acceptors (Lipinski definition) is 5. The summed E-state index contributed by atoms with van der Waals surface area (Å²) in [7, 11) is 0. The van der Waals surface area contributed by atoms with Crippen LogP contribution in [0.4, 0.5) is 5.88 Å². The van der Waals surface area contributed by atoms with Gasteiger partial charge in [0.05, 0.1) is 6.04 Å². The van der Waals surface area contributed by atoms with E-state index in [4.69, 9.17) is 9.15 Å². The molecule has 1 N–H and O–H groups in total. The average molecular weight is 361 g/mol. The maximum Gasteiger partial charge on any atom is 0.236 e. The Kier molecular flexibility index (Phi) is 5.46. The molecule has 1 unspecified atom stereocenters. The van der Waals surface area contributed by atoms with E-state index in [2.05, 4.69) is 35.4 Å². The smallest absolute Gasteiger partial charge is 0.236 e. The molecule has 0 saturated carbocycles. The van der Waals surface area contributed by atoms with Crippen molar-refractivity contribution >= 4 is 5.88 Å². The van der Waals surface area contributed by atoms with Crippen LogP contribution in [0, 0.1) is 32.1 Å². The summed E-state index contributed by atoms with van der Waals surface area (Å²) in [6.45, 7) is 8.26. The van der Waals surface area contributed by atoms with E-state index in [1.807, 2.05) is 51.1 Å². The van der Waals surface area contributed by atoms with Crippen molar-refractivity contribution in [1.29, 1.82) is 5.26 Å². The minimum atomic E-state index is -0.0124. The highest BCUT2D eigenvalue weighted by molar-refractivity contribution is 5.47. The number of aromatic nitrogens is 1. The van der Waals surface area contributed by atoms with Crippen LogP contribution in [0.15, 0.2) is 46.9 Å². The summed E-state index contributed by atoms with van der Waals surface area (Å²) < 4.78 is 11.7. The maximum absolute atomic E-state index is 9.37. The highest BCUT2D eigenvalue weighted by Gasteiger charge is 2.17. The number of ether oxygens (including phenoxy) is 1. The zero-order chi connectivity index (χ0) is 19.4. The fraction of sp³-hybridized carbons (Fsp3) is 0.273. The molecule has 138 valence electrons. The Hall–Kier alpha value is -3.26. The Morgan fingerprint density at radius 2 is 1.81 bits per heavy atom. The molecule has 0 spiro atoms. The minimum absolute atomic E-state index is 0.0124. The molecule has 0 aliphatic rings. The largest absolute Gasteiger partial charge is 0.483 e. The summed E-state index contributed by atoms with van der Waals surface area (Å²) in [5, 5.41) is 12.6. The van der Waals surface area contributed by atoms with Crippen molar-refractivity contribution in [3.63, 3.8) is 0 Å². The third-order valence-corrected chi connectivity index (χ3v) is 4.37. The van der Waals surface area contributed by atoms with Crippen LogP contribution >= 0.6 is 0 Å². The third-order valence-electron chi connectivity index (χ3n) is 4.37. The van der Waals surface area contributed by atoms with Gasteiger partial charge in [0, 0.05) is 0 Å². The Balaban J connectivity index is 1.74. The maximum atomic E-state index is 9.37. The van der Waals surface area contributed by atoms with Gasteiger partial charge in [0.15, 0.2) is 6.61 Å². The quantitative estimate of drug-likeness (QED) is 0.651. The predicted molar refractivity (Wildman–Crippen MR) is 105 cm³/mol. The van der Waals surface area contributed by atoms with Crippen LogP contribution in [0.5, 0.6) is 5.75 Å². The number of anilines is 1. The van der Waals surface area contributed by atoms with Crippen molar-refractivity contribution in [1.82, 2.24) is 4.98 Å². The average Bonchev–Trinajstić information content (AvgIpc) is 3.03. The van der Waals surface area contributed by atoms with E-state index in [0.29, 0.717) is 11.8 Å². The van der Waals surface area contributed by atoms with Gasteiger partial charge in [0.25, 0.3) is 0 Å². The highest BCUT2D eigenvalue weighted by atomic mass is 16.5. The van der Waals surface area contributed by atoms with Gasteiger partial charge in [-0.1, -0.05) is 48.0 Å². The Labute approximate surface area is 159 Å². The first-order valence-electron chi connectivity index (χ1n) is 8.90. The molecule has 2 aromatic carbocycles. The lowest BCUT2D eigenvalue weighted by Gasteiger charge is -2.13. The highest BCUT2D eigenvalue weighted by Crippen LogP contribution is 2.27. The Morgan fingerprint density at radius 1 is 1.15 bits per heavy atom. The van der Waals surface area contributed by atoms with Crippen LogP contribution in [-0.2, 0) is 6.61 Å². The fourth-order valence-corrected chi connectivity index (χ4v) is 3.15. The number of nitriles is 1. The summed E-state index contributed by atoms with van der Waals surface area (Å²) in [6, 6.07) is 16.2. The Morgan fingerprint density at radius 3 is 2.44 bits per heavy atom. The summed E-state index contributed by atoms with van der Waals surface area (Å²) in [5.74, 6) is 1.56. The van der Waals surface area contributed by atoms with E-state index in [1.165, 1.54) is 5.56 Å². The fourth-order valence-electron chi connectivity index (χ4n) is 3.15. The zero-order valence-corrected chi connectivity index (χ0v) is 16.0. The van der Waals surface area contributed by atoms with E-state index < -0.39 is 0 Å². The Bertz CT molecular complexity index is 948. The van der Waals surface area contributed by atoms with Gasteiger partial charge >= 0.3 is 0 Å². The predicted octanol–water partition coefficient (Wildman–Crippen LogP) is 5.22. The number of rotatable bonds is 6. The van der Waals surface area contributed by atoms with Crippen LogP contribution in [-0.4, -0.2) is 4.98 Å². The molecule has 0 aliphatic heterocycles. The lowest BCUT2D eigenvalue weighted by molar-refractivity contribution is 0.261. The topological polar surface area (TPSA) is 71.1 Å². The molecular weight excluding hydrogens is 338 g/mol. The molecule has 1 aromatic heterocycles. The van der Waals surface area contributed by atoms with Crippen molar-refractivity contribution in [2.45, 2.75) is 40.3 Å². The molecule has 5 heteroatoms. The van der Waals surface area contributed by atoms with Crippen LogP contribution in [0.1, 0.15) is 46.8 Å². The normalized spacial score (nSPS) is 11.7. The van der Waals surface area contributed by atoms with Crippen molar-refractivity contribution < 1.29 is 9.15 Å². The van der Waals surface area contributed by atoms with Crippen molar-refractivity contribution in [3.05, 3.63) is 76.3 Å². The van der Waals surface area contributed by atoms with Gasteiger partial charge in [-0.2, -0.15) is 10.2 Å². The molecule has 0 radical (unpaired) electrons. The SMILES string of the molecule is Cc1cc(C)c(OCc2nc(C#N)c(NC(C)c3ccccc3)o2)c(C)c1. The summed E-state index contributed by atoms with van der Waals surface area (Å²) >= 11 is 0. The second-order valence-corrected chi connectivity index (χ2v) is 6.69. The van der Waals surface area contributed by atoms with Gasteiger partial charge in [-0.05, 0) is 44.4 Å².